The molecule has 0 saturated carbocycles. The quantitative estimate of drug-likeness (QED) is 0.802. The van der Waals surface area contributed by atoms with Gasteiger partial charge in [-0.25, -0.2) is 4.79 Å². The van der Waals surface area contributed by atoms with Crippen LogP contribution in [0.15, 0.2) is 66.9 Å². The zero-order chi connectivity index (χ0) is 17.8. The summed E-state index contributed by atoms with van der Waals surface area (Å²) < 4.78 is 0. The summed E-state index contributed by atoms with van der Waals surface area (Å²) >= 11 is 0. The Hall–Kier alpha value is -3.08. The molecule has 128 valence electrons. The molecule has 3 amide bonds. The van der Waals surface area contributed by atoms with Crippen LogP contribution in [0.5, 0.6) is 0 Å². The molecule has 25 heavy (non-hydrogen) atoms. The maximum Gasteiger partial charge on any atom is 0.319 e. The van der Waals surface area contributed by atoms with E-state index in [-0.39, 0.29) is 11.9 Å². The van der Waals surface area contributed by atoms with Gasteiger partial charge in [-0.3, -0.25) is 4.79 Å². The van der Waals surface area contributed by atoms with E-state index >= 15 is 0 Å². The Morgan fingerprint density at radius 2 is 1.80 bits per heavy atom. The first kappa shape index (κ1) is 16.8. The molecule has 3 rings (SSSR count). The third-order valence-electron chi connectivity index (χ3n) is 4.34. The highest BCUT2D eigenvalue weighted by molar-refractivity contribution is 5.97. The van der Waals surface area contributed by atoms with E-state index in [1.54, 1.807) is 0 Å². The minimum Gasteiger partial charge on any atom is -0.330 e. The van der Waals surface area contributed by atoms with Gasteiger partial charge in [0.25, 0.3) is 0 Å². The molecule has 1 fully saturated rings. The predicted molar refractivity (Wildman–Crippen MR) is 97.9 cm³/mol. The molecule has 1 aliphatic rings. The van der Waals surface area contributed by atoms with Gasteiger partial charge in [-0.15, -0.1) is 0 Å². The summed E-state index contributed by atoms with van der Waals surface area (Å²) in [5.41, 5.74) is 3.17. The Morgan fingerprint density at radius 1 is 1.12 bits per heavy atom. The van der Waals surface area contributed by atoms with Gasteiger partial charge in [0.2, 0.25) is 5.91 Å². The van der Waals surface area contributed by atoms with Crippen LogP contribution in [0.4, 0.5) is 10.5 Å². The fraction of sp³-hybridized carbons (Fsp3) is 0.200. The van der Waals surface area contributed by atoms with Crippen LogP contribution in [0.1, 0.15) is 24.1 Å². The lowest BCUT2D eigenvalue weighted by Crippen LogP contribution is -2.51. The smallest absolute Gasteiger partial charge is 0.319 e. The molecule has 0 bridgehead atoms. The predicted octanol–water partition coefficient (Wildman–Crippen LogP) is 3.37. The zero-order valence-corrected chi connectivity index (χ0v) is 14.1. The Labute approximate surface area is 147 Å². The summed E-state index contributed by atoms with van der Waals surface area (Å²) in [6.45, 7) is 5.97. The number of benzene rings is 2. The molecule has 3 N–H and O–H groups in total. The van der Waals surface area contributed by atoms with Crippen LogP contribution < -0.4 is 16.0 Å². The van der Waals surface area contributed by atoms with E-state index in [1.165, 1.54) is 5.56 Å². The number of carbonyl (C=O) groups is 2. The van der Waals surface area contributed by atoms with Gasteiger partial charge in [-0.05, 0) is 29.7 Å². The zero-order valence-electron chi connectivity index (χ0n) is 14.1. The van der Waals surface area contributed by atoms with Gasteiger partial charge in [0.1, 0.15) is 5.92 Å². The highest BCUT2D eigenvalue weighted by Gasteiger charge is 2.37. The van der Waals surface area contributed by atoms with E-state index in [4.69, 9.17) is 0 Å². The molecule has 1 saturated heterocycles. The van der Waals surface area contributed by atoms with Crippen LogP contribution in [0.2, 0.25) is 0 Å². The summed E-state index contributed by atoms with van der Waals surface area (Å²) in [5, 5.41) is 8.35. The molecule has 0 spiro atoms. The molecule has 2 atom stereocenters. The average molecular weight is 335 g/mol. The van der Waals surface area contributed by atoms with Crippen molar-refractivity contribution in [3.8, 4) is 0 Å². The summed E-state index contributed by atoms with van der Waals surface area (Å²) in [6.07, 6.45) is 0.934. The van der Waals surface area contributed by atoms with E-state index in [1.807, 2.05) is 54.6 Å². The molecule has 2 aromatic carbocycles. The fourth-order valence-electron chi connectivity index (χ4n) is 2.97. The second-order valence-corrected chi connectivity index (χ2v) is 6.03. The van der Waals surface area contributed by atoms with Crippen molar-refractivity contribution in [3.63, 3.8) is 0 Å². The lowest BCUT2D eigenvalue weighted by Gasteiger charge is -2.34. The fourth-order valence-corrected chi connectivity index (χ4v) is 2.97. The molecule has 5 nitrogen and oxygen atoms in total. The van der Waals surface area contributed by atoms with E-state index in [9.17, 15) is 9.59 Å². The summed E-state index contributed by atoms with van der Waals surface area (Å²) in [7, 11) is 0. The summed E-state index contributed by atoms with van der Waals surface area (Å²) in [6, 6.07) is 16.3. The number of amides is 3. The Balaban J connectivity index is 1.88. The number of anilines is 1. The van der Waals surface area contributed by atoms with Gasteiger partial charge in [-0.1, -0.05) is 56.0 Å². The van der Waals surface area contributed by atoms with Crippen LogP contribution in [0, 0.1) is 5.92 Å². The Morgan fingerprint density at radius 3 is 2.44 bits per heavy atom. The standard InChI is InChI=1S/C20H21N3O2/c1-3-14-9-11-15(12-10-14)18-17(13(2)21-20(25)23-18)19(24)22-16-7-5-4-6-8-16/h4-12,17-18H,2-3H2,1H3,(H,22,24)(H2,21,23,25)/t17-,18+/m1/s1. The maximum atomic E-state index is 12.8. The van der Waals surface area contributed by atoms with Gasteiger partial charge in [-0.2, -0.15) is 0 Å². The SMILES string of the molecule is C=C1NC(=O)N[C@@H](c2ccc(CC)cc2)[C@@H]1C(=O)Nc1ccccc1. The summed E-state index contributed by atoms with van der Waals surface area (Å²) in [4.78, 5) is 24.7. The number of para-hydroxylation sites is 1. The molecule has 0 aromatic heterocycles. The molecule has 1 heterocycles. The minimum absolute atomic E-state index is 0.215. The second-order valence-electron chi connectivity index (χ2n) is 6.03. The van der Waals surface area contributed by atoms with Crippen molar-refractivity contribution in [3.05, 3.63) is 78.0 Å². The van der Waals surface area contributed by atoms with Gasteiger partial charge >= 0.3 is 6.03 Å². The first-order valence-corrected chi connectivity index (χ1v) is 8.29. The minimum atomic E-state index is -0.606. The van der Waals surface area contributed by atoms with Crippen molar-refractivity contribution >= 4 is 17.6 Å². The lowest BCUT2D eigenvalue weighted by atomic mass is 9.87. The molecule has 0 unspecified atom stereocenters. The van der Waals surface area contributed by atoms with E-state index < -0.39 is 12.0 Å². The van der Waals surface area contributed by atoms with Crippen molar-refractivity contribution in [2.75, 3.05) is 5.32 Å². The average Bonchev–Trinajstić information content (AvgIpc) is 2.62. The van der Waals surface area contributed by atoms with Crippen molar-refractivity contribution in [1.29, 1.82) is 0 Å². The van der Waals surface area contributed by atoms with Crippen LogP contribution in [0.25, 0.3) is 0 Å². The van der Waals surface area contributed by atoms with Crippen LogP contribution >= 0.6 is 0 Å². The lowest BCUT2D eigenvalue weighted by molar-refractivity contribution is -0.119. The van der Waals surface area contributed by atoms with Gasteiger partial charge in [0, 0.05) is 11.4 Å². The van der Waals surface area contributed by atoms with Crippen LogP contribution in [-0.2, 0) is 11.2 Å². The highest BCUT2D eigenvalue weighted by atomic mass is 16.2. The third kappa shape index (κ3) is 3.71. The first-order chi connectivity index (χ1) is 12.1. The van der Waals surface area contributed by atoms with E-state index in [0.29, 0.717) is 11.4 Å². The Kier molecular flexibility index (Phi) is 4.84. The normalized spacial score (nSPS) is 19.7. The largest absolute Gasteiger partial charge is 0.330 e. The van der Waals surface area contributed by atoms with Crippen LogP contribution in [-0.4, -0.2) is 11.9 Å². The van der Waals surface area contributed by atoms with E-state index in [2.05, 4.69) is 29.5 Å². The van der Waals surface area contributed by atoms with E-state index in [0.717, 1.165) is 12.0 Å². The van der Waals surface area contributed by atoms with Crippen molar-refractivity contribution < 1.29 is 9.59 Å². The number of nitrogens with one attached hydrogen (secondary N) is 3. The molecule has 5 heteroatoms. The van der Waals surface area contributed by atoms with Crippen LogP contribution in [0.3, 0.4) is 0 Å². The van der Waals surface area contributed by atoms with Crippen molar-refractivity contribution in [2.24, 2.45) is 5.92 Å². The maximum absolute atomic E-state index is 12.8. The monoisotopic (exact) mass is 335 g/mol. The van der Waals surface area contributed by atoms with Gasteiger partial charge < -0.3 is 16.0 Å². The highest BCUT2D eigenvalue weighted by Crippen LogP contribution is 2.30. The van der Waals surface area contributed by atoms with Crippen molar-refractivity contribution in [2.45, 2.75) is 19.4 Å². The molecule has 1 aliphatic heterocycles. The number of rotatable bonds is 4. The second kappa shape index (κ2) is 7.21. The first-order valence-electron chi connectivity index (χ1n) is 8.29. The number of hydrogen-bond acceptors (Lipinski definition) is 2. The summed E-state index contributed by atoms with van der Waals surface area (Å²) in [5.74, 6) is -0.821. The number of urea groups is 1. The molecular weight excluding hydrogens is 314 g/mol. The molecule has 0 radical (unpaired) electrons. The molecule has 0 aliphatic carbocycles. The number of carbonyl (C=O) groups excluding carboxylic acids is 2. The van der Waals surface area contributed by atoms with Crippen molar-refractivity contribution in [1.82, 2.24) is 10.6 Å². The molecule has 2 aromatic rings. The Bertz CT molecular complexity index is 784. The number of aryl methyl sites for hydroxylation is 1. The van der Waals surface area contributed by atoms with Gasteiger partial charge in [0.15, 0.2) is 0 Å². The number of hydrogen-bond donors (Lipinski definition) is 3. The third-order valence-corrected chi connectivity index (χ3v) is 4.34. The topological polar surface area (TPSA) is 70.2 Å². The van der Waals surface area contributed by atoms with Gasteiger partial charge in [0.05, 0.1) is 6.04 Å². The molecular formula is C20H21N3O2.